The van der Waals surface area contributed by atoms with E-state index in [-0.39, 0.29) is 24.3 Å². The van der Waals surface area contributed by atoms with Gasteiger partial charge < -0.3 is 15.4 Å². The number of H-pyrrole nitrogens is 1. The minimum absolute atomic E-state index is 0.0421. The zero-order chi connectivity index (χ0) is 13.1. The molecule has 0 saturated heterocycles. The van der Waals surface area contributed by atoms with Gasteiger partial charge in [-0.2, -0.15) is 0 Å². The number of aliphatic carboxylic acids is 1. The summed E-state index contributed by atoms with van der Waals surface area (Å²) in [5.74, 6) is -1.20. The first kappa shape index (κ1) is 13.3. The van der Waals surface area contributed by atoms with Gasteiger partial charge in [0.15, 0.2) is 0 Å². The molecule has 0 saturated carbocycles. The number of carboxylic acid groups (broad SMARTS) is 1. The molecule has 0 fully saturated rings. The molecule has 0 aliphatic heterocycles. The fourth-order valence-electron chi connectivity index (χ4n) is 1.34. The van der Waals surface area contributed by atoms with Crippen LogP contribution in [0.3, 0.4) is 0 Å². The molecular weight excluding hydrogens is 220 g/mol. The number of nitrogens with one attached hydrogen (secondary N) is 2. The number of aromatic nitrogens is 1. The maximum absolute atomic E-state index is 11.6. The van der Waals surface area contributed by atoms with Crippen molar-refractivity contribution >= 4 is 11.9 Å². The Morgan fingerprint density at radius 2 is 2.00 bits per heavy atom. The van der Waals surface area contributed by atoms with Crippen LogP contribution in [0.1, 0.15) is 43.4 Å². The molecule has 0 aliphatic carbocycles. The van der Waals surface area contributed by atoms with Crippen LogP contribution >= 0.6 is 0 Å². The minimum atomic E-state index is -0.924. The van der Waals surface area contributed by atoms with Crippen LogP contribution in [0.15, 0.2) is 12.1 Å². The molecule has 17 heavy (non-hydrogen) atoms. The highest BCUT2D eigenvalue weighted by Gasteiger charge is 2.17. The largest absolute Gasteiger partial charge is 0.481 e. The van der Waals surface area contributed by atoms with Crippen LogP contribution in [0.4, 0.5) is 0 Å². The third kappa shape index (κ3) is 3.94. The maximum Gasteiger partial charge on any atom is 0.305 e. The van der Waals surface area contributed by atoms with E-state index in [2.05, 4.69) is 10.3 Å². The number of carboxylic acids is 1. The Balaban J connectivity index is 2.58. The minimum Gasteiger partial charge on any atom is -0.481 e. The zero-order valence-corrected chi connectivity index (χ0v) is 10.3. The predicted octanol–water partition coefficient (Wildman–Crippen LogP) is 1.52. The van der Waals surface area contributed by atoms with E-state index in [1.54, 1.807) is 6.07 Å². The monoisotopic (exact) mass is 238 g/mol. The second-order valence-corrected chi connectivity index (χ2v) is 4.94. The summed E-state index contributed by atoms with van der Waals surface area (Å²) in [6.07, 6.45) is -0.0709. The molecule has 0 atom stereocenters. The Bertz CT molecular complexity index is 416. The van der Waals surface area contributed by atoms with Crippen molar-refractivity contribution in [1.29, 1.82) is 0 Å². The number of amides is 1. The van der Waals surface area contributed by atoms with Gasteiger partial charge in [-0.05, 0) is 12.1 Å². The quantitative estimate of drug-likeness (QED) is 0.743. The van der Waals surface area contributed by atoms with E-state index >= 15 is 0 Å². The Kier molecular flexibility index (Phi) is 3.93. The van der Waals surface area contributed by atoms with Crippen molar-refractivity contribution in [2.75, 3.05) is 6.54 Å². The van der Waals surface area contributed by atoms with Gasteiger partial charge >= 0.3 is 5.97 Å². The second kappa shape index (κ2) is 5.03. The fourth-order valence-corrected chi connectivity index (χ4v) is 1.34. The van der Waals surface area contributed by atoms with E-state index in [9.17, 15) is 9.59 Å². The summed E-state index contributed by atoms with van der Waals surface area (Å²) in [5.41, 5.74) is 1.39. The van der Waals surface area contributed by atoms with E-state index < -0.39 is 5.97 Å². The van der Waals surface area contributed by atoms with Crippen molar-refractivity contribution in [3.63, 3.8) is 0 Å². The molecule has 94 valence electrons. The van der Waals surface area contributed by atoms with Crippen molar-refractivity contribution < 1.29 is 14.7 Å². The first-order valence-corrected chi connectivity index (χ1v) is 5.50. The molecule has 0 aliphatic rings. The highest BCUT2D eigenvalue weighted by molar-refractivity contribution is 5.92. The van der Waals surface area contributed by atoms with Gasteiger partial charge in [0, 0.05) is 17.7 Å². The third-order valence-corrected chi connectivity index (χ3v) is 2.36. The van der Waals surface area contributed by atoms with E-state index in [0.717, 1.165) is 5.69 Å². The number of rotatable bonds is 4. The Labute approximate surface area is 100 Å². The third-order valence-electron chi connectivity index (χ3n) is 2.36. The molecule has 0 unspecified atom stereocenters. The molecule has 5 heteroatoms. The van der Waals surface area contributed by atoms with E-state index in [1.165, 1.54) is 0 Å². The Morgan fingerprint density at radius 1 is 1.35 bits per heavy atom. The first-order chi connectivity index (χ1) is 7.80. The van der Waals surface area contributed by atoms with Crippen molar-refractivity contribution in [2.45, 2.75) is 32.6 Å². The van der Waals surface area contributed by atoms with Gasteiger partial charge in [-0.15, -0.1) is 0 Å². The summed E-state index contributed by atoms with van der Waals surface area (Å²) >= 11 is 0. The molecular formula is C12H18N2O3. The molecule has 1 heterocycles. The van der Waals surface area contributed by atoms with Crippen LogP contribution < -0.4 is 5.32 Å². The summed E-state index contributed by atoms with van der Waals surface area (Å²) in [6.45, 7) is 6.28. The van der Waals surface area contributed by atoms with Gasteiger partial charge in [0.25, 0.3) is 5.91 Å². The summed E-state index contributed by atoms with van der Waals surface area (Å²) in [4.78, 5) is 25.0. The van der Waals surface area contributed by atoms with E-state index in [0.29, 0.717) is 5.69 Å². The normalized spacial score (nSPS) is 11.2. The lowest BCUT2D eigenvalue weighted by atomic mass is 9.93. The zero-order valence-electron chi connectivity index (χ0n) is 10.3. The van der Waals surface area contributed by atoms with Crippen LogP contribution in [0.25, 0.3) is 0 Å². The molecule has 0 bridgehead atoms. The standard InChI is InChI=1S/C12H18N2O3/c1-12(2,3)9-5-4-8(14-9)11(17)13-7-6-10(15)16/h4-5,14H,6-7H2,1-3H3,(H,13,17)(H,15,16). The average Bonchev–Trinajstić information content (AvgIpc) is 2.64. The molecule has 1 amide bonds. The van der Waals surface area contributed by atoms with Crippen molar-refractivity contribution in [2.24, 2.45) is 0 Å². The summed E-state index contributed by atoms with van der Waals surface area (Å²) < 4.78 is 0. The van der Waals surface area contributed by atoms with Crippen LogP contribution in [-0.2, 0) is 10.2 Å². The van der Waals surface area contributed by atoms with Crippen molar-refractivity contribution in [1.82, 2.24) is 10.3 Å². The van der Waals surface area contributed by atoms with Gasteiger partial charge in [-0.1, -0.05) is 20.8 Å². The molecule has 0 spiro atoms. The molecule has 5 nitrogen and oxygen atoms in total. The lowest BCUT2D eigenvalue weighted by Gasteiger charge is -2.15. The van der Waals surface area contributed by atoms with Gasteiger partial charge in [0.1, 0.15) is 5.69 Å². The lowest BCUT2D eigenvalue weighted by Crippen LogP contribution is -2.26. The molecule has 0 radical (unpaired) electrons. The lowest BCUT2D eigenvalue weighted by molar-refractivity contribution is -0.136. The Hall–Kier alpha value is -1.78. The number of aromatic amines is 1. The second-order valence-electron chi connectivity index (χ2n) is 4.94. The highest BCUT2D eigenvalue weighted by Crippen LogP contribution is 2.20. The van der Waals surface area contributed by atoms with Gasteiger partial charge in [0.2, 0.25) is 0 Å². The molecule has 3 N–H and O–H groups in total. The number of carbonyl (C=O) groups excluding carboxylic acids is 1. The Morgan fingerprint density at radius 3 is 2.47 bits per heavy atom. The number of hydrogen-bond acceptors (Lipinski definition) is 2. The van der Waals surface area contributed by atoms with E-state index in [1.807, 2.05) is 26.8 Å². The molecule has 1 aromatic heterocycles. The van der Waals surface area contributed by atoms with Crippen LogP contribution in [0.2, 0.25) is 0 Å². The topological polar surface area (TPSA) is 82.2 Å². The van der Waals surface area contributed by atoms with Gasteiger partial charge in [0.05, 0.1) is 6.42 Å². The fraction of sp³-hybridized carbons (Fsp3) is 0.500. The number of hydrogen-bond donors (Lipinski definition) is 3. The van der Waals surface area contributed by atoms with Crippen molar-refractivity contribution in [3.8, 4) is 0 Å². The van der Waals surface area contributed by atoms with E-state index in [4.69, 9.17) is 5.11 Å². The molecule has 1 rings (SSSR count). The predicted molar refractivity (Wildman–Crippen MR) is 64.1 cm³/mol. The molecule has 1 aromatic rings. The highest BCUT2D eigenvalue weighted by atomic mass is 16.4. The van der Waals surface area contributed by atoms with Gasteiger partial charge in [-0.25, -0.2) is 0 Å². The summed E-state index contributed by atoms with van der Waals surface area (Å²) in [7, 11) is 0. The summed E-state index contributed by atoms with van der Waals surface area (Å²) in [5, 5.41) is 11.0. The van der Waals surface area contributed by atoms with Crippen LogP contribution in [-0.4, -0.2) is 28.5 Å². The van der Waals surface area contributed by atoms with Crippen LogP contribution in [0.5, 0.6) is 0 Å². The maximum atomic E-state index is 11.6. The number of carbonyl (C=O) groups is 2. The average molecular weight is 238 g/mol. The smallest absolute Gasteiger partial charge is 0.305 e. The first-order valence-electron chi connectivity index (χ1n) is 5.50. The van der Waals surface area contributed by atoms with Gasteiger partial charge in [-0.3, -0.25) is 9.59 Å². The molecule has 0 aromatic carbocycles. The summed E-state index contributed by atoms with van der Waals surface area (Å²) in [6, 6.07) is 3.57. The van der Waals surface area contributed by atoms with Crippen molar-refractivity contribution in [3.05, 3.63) is 23.5 Å². The van der Waals surface area contributed by atoms with Crippen LogP contribution in [0, 0.1) is 0 Å². The SMILES string of the molecule is CC(C)(C)c1ccc(C(=O)NCCC(=O)O)[nH]1.